The Labute approximate surface area is 204 Å². The molecule has 8 nitrogen and oxygen atoms in total. The van der Waals surface area contributed by atoms with Crippen LogP contribution in [0.2, 0.25) is 0 Å². The predicted octanol–water partition coefficient (Wildman–Crippen LogP) is 4.96. The van der Waals surface area contributed by atoms with Crippen molar-refractivity contribution in [1.29, 1.82) is 0 Å². The first-order valence-electron chi connectivity index (χ1n) is 8.83. The molecule has 23 heteroatoms. The summed E-state index contributed by atoms with van der Waals surface area (Å²) < 4.78 is 215. The number of esters is 2. The van der Waals surface area contributed by atoms with Crippen LogP contribution in [-0.4, -0.2) is 73.6 Å². The molecule has 0 aromatic heterocycles. The van der Waals surface area contributed by atoms with Crippen LogP contribution in [0.25, 0.3) is 0 Å². The van der Waals surface area contributed by atoms with Gasteiger partial charge >= 0.3 is 53.8 Å². The number of hydrogen-bond donors (Lipinski definition) is 0. The second kappa shape index (κ2) is 12.2. The lowest BCUT2D eigenvalue weighted by Gasteiger charge is -2.40. The van der Waals surface area contributed by atoms with Crippen LogP contribution >= 0.6 is 0 Å². The molecule has 0 aromatic carbocycles. The molecule has 0 radical (unpaired) electrons. The summed E-state index contributed by atoms with van der Waals surface area (Å²) in [6, 6.07) is 0. The Morgan fingerprint density at radius 3 is 1.56 bits per heavy atom. The lowest BCUT2D eigenvalue weighted by molar-refractivity contribution is -0.553. The van der Waals surface area contributed by atoms with Crippen LogP contribution in [0.5, 0.6) is 0 Å². The monoisotopic (exact) mass is 616 g/mol. The standard InChI is InChI=1S/C16H11F15O8/c1-3-8(32)34-4-10(18,19)14(24,25)36-6-12(22,13(23,38-30)16(28,29)39-31)37-15(26,27)11(20,21)5-35-9(33)7(2)17/h3H,1-2,4-6H2. The minimum atomic E-state index is -7.00. The van der Waals surface area contributed by atoms with Crippen molar-refractivity contribution in [3.63, 3.8) is 0 Å². The van der Waals surface area contributed by atoms with Crippen LogP contribution in [0.4, 0.5) is 66.1 Å². The number of halogens is 15. The summed E-state index contributed by atoms with van der Waals surface area (Å²) in [5, 5.41) is 0. The third-order valence-electron chi connectivity index (χ3n) is 3.81. The van der Waals surface area contributed by atoms with Crippen LogP contribution in [0.15, 0.2) is 25.1 Å². The summed E-state index contributed by atoms with van der Waals surface area (Å²) in [6.45, 7) is -4.96. The van der Waals surface area contributed by atoms with E-state index in [-0.39, 0.29) is 6.08 Å². The van der Waals surface area contributed by atoms with E-state index in [0.717, 1.165) is 0 Å². The van der Waals surface area contributed by atoms with E-state index in [0.29, 0.717) is 0 Å². The van der Waals surface area contributed by atoms with Gasteiger partial charge in [-0.15, -0.1) is 9.88 Å². The Hall–Kier alpha value is -2.79. The van der Waals surface area contributed by atoms with Crippen molar-refractivity contribution in [2.24, 2.45) is 0 Å². The van der Waals surface area contributed by atoms with Crippen molar-refractivity contribution in [3.05, 3.63) is 25.1 Å². The molecule has 0 aliphatic carbocycles. The maximum Gasteiger partial charge on any atom is 0.453 e. The number of alkyl halides is 12. The highest BCUT2D eigenvalue weighted by molar-refractivity contribution is 5.85. The molecule has 2 unspecified atom stereocenters. The van der Waals surface area contributed by atoms with Crippen molar-refractivity contribution in [3.8, 4) is 0 Å². The van der Waals surface area contributed by atoms with Gasteiger partial charge in [-0.1, -0.05) is 13.2 Å². The molecular formula is C16H11F15O8. The first kappa shape index (κ1) is 36.2. The molecule has 0 spiro atoms. The first-order chi connectivity index (χ1) is 17.3. The predicted molar refractivity (Wildman–Crippen MR) is 86.2 cm³/mol. The highest BCUT2D eigenvalue weighted by atomic mass is 19.4. The van der Waals surface area contributed by atoms with Gasteiger partial charge in [0.05, 0.1) is 0 Å². The van der Waals surface area contributed by atoms with Crippen LogP contribution < -0.4 is 0 Å². The van der Waals surface area contributed by atoms with Crippen molar-refractivity contribution < 1.29 is 105 Å². The summed E-state index contributed by atoms with van der Waals surface area (Å²) in [5.74, 6) is -32.5. The van der Waals surface area contributed by atoms with Crippen molar-refractivity contribution >= 4 is 11.9 Å². The normalized spacial score (nSPS) is 16.6. The van der Waals surface area contributed by atoms with Gasteiger partial charge in [0.15, 0.2) is 13.2 Å². The molecule has 39 heavy (non-hydrogen) atoms. The van der Waals surface area contributed by atoms with Gasteiger partial charge in [-0.05, 0) is 9.05 Å². The van der Waals surface area contributed by atoms with E-state index < -0.39 is 79.5 Å². The third kappa shape index (κ3) is 7.88. The SMILES string of the molecule is C=CC(=O)OCC(F)(F)C(F)(F)OCC(F)(OC(F)(F)C(F)(F)COC(=O)C(=C)F)C(F)(OF)C(F)(F)OF. The Morgan fingerprint density at radius 1 is 0.692 bits per heavy atom. The van der Waals surface area contributed by atoms with Gasteiger partial charge in [0.1, 0.15) is 6.61 Å². The molecular weight excluding hydrogens is 605 g/mol. The number of rotatable bonds is 17. The van der Waals surface area contributed by atoms with Gasteiger partial charge < -0.3 is 14.2 Å². The molecule has 0 aliphatic heterocycles. The minimum Gasteiger partial charge on any atom is -0.456 e. The molecule has 0 fully saturated rings. The van der Waals surface area contributed by atoms with Crippen molar-refractivity contribution in [2.45, 2.75) is 41.9 Å². The second-order valence-electron chi connectivity index (χ2n) is 6.62. The smallest absolute Gasteiger partial charge is 0.453 e. The fourth-order valence-corrected chi connectivity index (χ4v) is 1.75. The topological polar surface area (TPSA) is 89.5 Å². The van der Waals surface area contributed by atoms with E-state index in [9.17, 15) is 75.7 Å². The Bertz CT molecular complexity index is 914. The van der Waals surface area contributed by atoms with Gasteiger partial charge in [-0.2, -0.15) is 52.7 Å². The van der Waals surface area contributed by atoms with E-state index in [1.54, 1.807) is 4.94 Å². The lowest BCUT2D eigenvalue weighted by atomic mass is 10.1. The van der Waals surface area contributed by atoms with Crippen molar-refractivity contribution in [1.82, 2.24) is 0 Å². The molecule has 0 aliphatic rings. The molecule has 0 aromatic rings. The Kier molecular flexibility index (Phi) is 11.3. The molecule has 0 saturated carbocycles. The molecule has 0 heterocycles. The number of carbonyl (C=O) groups is 2. The van der Waals surface area contributed by atoms with Gasteiger partial charge in [0.25, 0.3) is 0 Å². The fourth-order valence-electron chi connectivity index (χ4n) is 1.75. The van der Waals surface area contributed by atoms with Gasteiger partial charge in [0, 0.05) is 6.08 Å². The largest absolute Gasteiger partial charge is 0.456 e. The minimum absolute atomic E-state index is 0.119. The summed E-state index contributed by atoms with van der Waals surface area (Å²) in [6.07, 6.45) is -20.2. The van der Waals surface area contributed by atoms with Gasteiger partial charge in [0.2, 0.25) is 5.83 Å². The van der Waals surface area contributed by atoms with Crippen molar-refractivity contribution in [2.75, 3.05) is 19.8 Å². The maximum absolute atomic E-state index is 14.9. The van der Waals surface area contributed by atoms with Gasteiger partial charge in [-0.3, -0.25) is 4.74 Å². The highest BCUT2D eigenvalue weighted by Crippen LogP contribution is 2.51. The summed E-state index contributed by atoms with van der Waals surface area (Å²) in [7, 11) is 0. The first-order valence-corrected chi connectivity index (χ1v) is 8.83. The third-order valence-corrected chi connectivity index (χ3v) is 3.81. The quantitative estimate of drug-likeness (QED) is 0.129. The maximum atomic E-state index is 14.9. The molecule has 2 atom stereocenters. The van der Waals surface area contributed by atoms with E-state index in [2.05, 4.69) is 32.1 Å². The Morgan fingerprint density at radius 2 is 1.15 bits per heavy atom. The highest BCUT2D eigenvalue weighted by Gasteiger charge is 2.80. The van der Waals surface area contributed by atoms with Crippen LogP contribution in [-0.2, 0) is 38.4 Å². The van der Waals surface area contributed by atoms with Crippen LogP contribution in [0, 0.1) is 0 Å². The summed E-state index contributed by atoms with van der Waals surface area (Å²) in [5.41, 5.74) is 0. The molecule has 0 rings (SSSR count). The van der Waals surface area contributed by atoms with E-state index in [1.807, 2.05) is 0 Å². The number of carbonyl (C=O) groups excluding carboxylic acids is 2. The Balaban J connectivity index is 6.49. The molecule has 0 amide bonds. The summed E-state index contributed by atoms with van der Waals surface area (Å²) in [4.78, 5) is 24.4. The van der Waals surface area contributed by atoms with Crippen LogP contribution in [0.3, 0.4) is 0 Å². The molecule has 228 valence electrons. The molecule has 0 bridgehead atoms. The second-order valence-corrected chi connectivity index (χ2v) is 6.62. The summed E-state index contributed by atoms with van der Waals surface area (Å²) >= 11 is 0. The number of hydrogen-bond acceptors (Lipinski definition) is 8. The van der Waals surface area contributed by atoms with E-state index in [1.165, 1.54) is 4.94 Å². The lowest BCUT2D eigenvalue weighted by Crippen LogP contribution is -2.67. The zero-order valence-corrected chi connectivity index (χ0v) is 18.0. The number of ether oxygens (including phenoxy) is 4. The van der Waals surface area contributed by atoms with Gasteiger partial charge in [-0.25, -0.2) is 14.0 Å². The zero-order chi connectivity index (χ0) is 31.3. The van der Waals surface area contributed by atoms with E-state index >= 15 is 0 Å². The zero-order valence-electron chi connectivity index (χ0n) is 18.0. The molecule has 0 N–H and O–H groups in total. The fraction of sp³-hybridized carbons (Fsp3) is 0.625. The molecule has 0 saturated heterocycles. The average Bonchev–Trinajstić information content (AvgIpc) is 2.83. The van der Waals surface area contributed by atoms with Crippen LogP contribution in [0.1, 0.15) is 0 Å². The average molecular weight is 616 g/mol. The van der Waals surface area contributed by atoms with E-state index in [4.69, 9.17) is 0 Å².